The second-order valence-corrected chi connectivity index (χ2v) is 8.80. The van der Waals surface area contributed by atoms with E-state index in [9.17, 15) is 10.1 Å². The molecule has 0 amide bonds. The zero-order valence-corrected chi connectivity index (χ0v) is 15.1. The highest BCUT2D eigenvalue weighted by Gasteiger charge is 2.40. The van der Waals surface area contributed by atoms with Gasteiger partial charge >= 0.3 is 0 Å². The van der Waals surface area contributed by atoms with Gasteiger partial charge in [-0.3, -0.25) is 10.1 Å². The minimum atomic E-state index is -0.267. The normalized spacial score (nSPS) is 15.7. The van der Waals surface area contributed by atoms with Crippen LogP contribution in [0.2, 0.25) is 0 Å². The van der Waals surface area contributed by atoms with Crippen LogP contribution in [0.15, 0.2) is 18.2 Å². The van der Waals surface area contributed by atoms with E-state index in [1.54, 1.807) is 6.07 Å². The van der Waals surface area contributed by atoms with Gasteiger partial charge in [-0.1, -0.05) is 32.8 Å². The monoisotopic (exact) mass is 339 g/mol. The van der Waals surface area contributed by atoms with E-state index in [-0.39, 0.29) is 14.7 Å². The summed E-state index contributed by atoms with van der Waals surface area (Å²) in [5.41, 5.74) is 2.75. The molecule has 122 valence electrons. The van der Waals surface area contributed by atoms with Gasteiger partial charge in [0.2, 0.25) is 0 Å². The number of nitro benzene ring substituents is 1. The summed E-state index contributed by atoms with van der Waals surface area (Å²) in [6, 6.07) is 5.46. The summed E-state index contributed by atoms with van der Waals surface area (Å²) < 4.78 is 0.0334. The zero-order chi connectivity index (χ0) is 16.0. The zero-order valence-electron chi connectivity index (χ0n) is 13.5. The molecule has 0 aliphatic heterocycles. The number of thioether (sulfide) groups is 2. The first-order chi connectivity index (χ1) is 10.6. The summed E-state index contributed by atoms with van der Waals surface area (Å²) >= 11 is 4.02. The SMILES string of the molecule is CCCCSC1(SCCCC)CCc2ccc([N+](=O)[O-])cc21. The van der Waals surface area contributed by atoms with Crippen LogP contribution in [-0.2, 0) is 10.5 Å². The van der Waals surface area contributed by atoms with Crippen molar-refractivity contribution in [3.8, 4) is 0 Å². The van der Waals surface area contributed by atoms with E-state index < -0.39 is 0 Å². The standard InChI is InChI=1S/C17H25NO2S2/c1-3-5-11-21-17(22-12-6-4-2)10-9-14-7-8-15(18(19)20)13-16(14)17/h7-8,13H,3-6,9-12H2,1-2H3. The van der Waals surface area contributed by atoms with Crippen molar-refractivity contribution in [2.45, 2.75) is 56.5 Å². The molecule has 1 aromatic carbocycles. The van der Waals surface area contributed by atoms with Crippen molar-refractivity contribution in [2.24, 2.45) is 0 Å². The van der Waals surface area contributed by atoms with Crippen molar-refractivity contribution in [3.05, 3.63) is 39.4 Å². The number of fused-ring (bicyclic) bond motifs is 1. The summed E-state index contributed by atoms with van der Waals surface area (Å²) in [5, 5.41) is 11.1. The van der Waals surface area contributed by atoms with Crippen molar-refractivity contribution in [1.29, 1.82) is 0 Å². The number of hydrogen-bond donors (Lipinski definition) is 0. The van der Waals surface area contributed by atoms with E-state index in [4.69, 9.17) is 0 Å². The summed E-state index contributed by atoms with van der Waals surface area (Å²) in [7, 11) is 0. The molecule has 1 aliphatic carbocycles. The van der Waals surface area contributed by atoms with E-state index in [0.29, 0.717) is 0 Å². The van der Waals surface area contributed by atoms with Gasteiger partial charge in [0.1, 0.15) is 0 Å². The highest BCUT2D eigenvalue weighted by atomic mass is 32.2. The molecule has 1 aromatic rings. The highest BCUT2D eigenvalue weighted by Crippen LogP contribution is 2.56. The van der Waals surface area contributed by atoms with E-state index in [1.165, 1.54) is 36.8 Å². The van der Waals surface area contributed by atoms with Gasteiger partial charge in [-0.05, 0) is 48.3 Å². The molecular weight excluding hydrogens is 314 g/mol. The Bertz CT molecular complexity index is 509. The second kappa shape index (κ2) is 8.25. The van der Waals surface area contributed by atoms with Gasteiger partial charge in [-0.2, -0.15) is 0 Å². The van der Waals surface area contributed by atoms with Crippen LogP contribution in [0.1, 0.15) is 57.1 Å². The predicted molar refractivity (Wildman–Crippen MR) is 97.8 cm³/mol. The third-order valence-corrected chi connectivity index (χ3v) is 7.58. The maximum absolute atomic E-state index is 11.1. The summed E-state index contributed by atoms with van der Waals surface area (Å²) in [6.45, 7) is 4.43. The first kappa shape index (κ1) is 17.7. The minimum Gasteiger partial charge on any atom is -0.258 e. The van der Waals surface area contributed by atoms with Gasteiger partial charge < -0.3 is 0 Å². The van der Waals surface area contributed by atoms with Crippen LogP contribution < -0.4 is 0 Å². The lowest BCUT2D eigenvalue weighted by Gasteiger charge is -2.29. The summed E-state index contributed by atoms with van der Waals surface area (Å²) in [4.78, 5) is 10.9. The fraction of sp³-hybridized carbons (Fsp3) is 0.647. The summed E-state index contributed by atoms with van der Waals surface area (Å²) in [5.74, 6) is 2.27. The Morgan fingerprint density at radius 3 is 2.36 bits per heavy atom. The van der Waals surface area contributed by atoms with Crippen LogP contribution in [0.25, 0.3) is 0 Å². The lowest BCUT2D eigenvalue weighted by molar-refractivity contribution is -0.384. The molecule has 5 heteroatoms. The Morgan fingerprint density at radius 1 is 1.18 bits per heavy atom. The number of rotatable bonds is 9. The molecule has 0 bridgehead atoms. The van der Waals surface area contributed by atoms with E-state index in [0.717, 1.165) is 24.3 Å². The molecule has 0 saturated heterocycles. The molecule has 2 rings (SSSR count). The molecule has 0 fully saturated rings. The second-order valence-electron chi connectivity index (χ2n) is 5.76. The molecule has 22 heavy (non-hydrogen) atoms. The van der Waals surface area contributed by atoms with E-state index in [2.05, 4.69) is 13.8 Å². The third-order valence-electron chi connectivity index (χ3n) is 4.10. The lowest BCUT2D eigenvalue weighted by atomic mass is 10.1. The number of nitro groups is 1. The highest BCUT2D eigenvalue weighted by molar-refractivity contribution is 8.17. The molecule has 0 radical (unpaired) electrons. The van der Waals surface area contributed by atoms with Crippen LogP contribution in [0.3, 0.4) is 0 Å². The number of benzene rings is 1. The lowest BCUT2D eigenvalue weighted by Crippen LogP contribution is -2.15. The molecule has 0 unspecified atom stereocenters. The fourth-order valence-corrected chi connectivity index (χ4v) is 6.33. The number of nitrogens with zero attached hydrogens (tertiary/aromatic N) is 1. The average Bonchev–Trinajstić information content (AvgIpc) is 2.86. The minimum absolute atomic E-state index is 0.0334. The number of hydrogen-bond acceptors (Lipinski definition) is 4. The van der Waals surface area contributed by atoms with Crippen molar-refractivity contribution >= 4 is 29.2 Å². The smallest absolute Gasteiger partial charge is 0.258 e. The molecule has 0 N–H and O–H groups in total. The van der Waals surface area contributed by atoms with Gasteiger partial charge in [0.05, 0.1) is 9.00 Å². The molecule has 0 spiro atoms. The molecular formula is C17H25NO2S2. The van der Waals surface area contributed by atoms with Crippen molar-refractivity contribution in [3.63, 3.8) is 0 Å². The molecule has 3 nitrogen and oxygen atoms in total. The molecule has 1 aliphatic rings. The Hall–Kier alpha value is -0.680. The molecule has 0 aromatic heterocycles. The van der Waals surface area contributed by atoms with Gasteiger partial charge in [0.15, 0.2) is 0 Å². The van der Waals surface area contributed by atoms with Crippen LogP contribution in [-0.4, -0.2) is 16.4 Å². The summed E-state index contributed by atoms with van der Waals surface area (Å²) in [6.07, 6.45) is 6.98. The molecule has 0 atom stereocenters. The van der Waals surface area contributed by atoms with Crippen molar-refractivity contribution in [1.82, 2.24) is 0 Å². The fourth-order valence-electron chi connectivity index (χ4n) is 2.79. The Balaban J connectivity index is 2.26. The average molecular weight is 340 g/mol. The topological polar surface area (TPSA) is 43.1 Å². The Kier molecular flexibility index (Phi) is 6.63. The van der Waals surface area contributed by atoms with Crippen molar-refractivity contribution < 1.29 is 4.92 Å². The maximum atomic E-state index is 11.1. The Morgan fingerprint density at radius 2 is 1.82 bits per heavy atom. The predicted octanol–water partition coefficient (Wildman–Crippen LogP) is 5.76. The first-order valence-electron chi connectivity index (χ1n) is 8.18. The largest absolute Gasteiger partial charge is 0.269 e. The van der Waals surface area contributed by atoms with Crippen LogP contribution in [0.5, 0.6) is 0 Å². The van der Waals surface area contributed by atoms with Crippen LogP contribution >= 0.6 is 23.5 Å². The number of non-ortho nitro benzene ring substituents is 1. The number of aryl methyl sites for hydroxylation is 1. The first-order valence-corrected chi connectivity index (χ1v) is 10.2. The molecule has 0 heterocycles. The quantitative estimate of drug-likeness (QED) is 0.248. The van der Waals surface area contributed by atoms with Crippen molar-refractivity contribution in [2.75, 3.05) is 11.5 Å². The van der Waals surface area contributed by atoms with E-state index >= 15 is 0 Å². The number of unbranched alkanes of at least 4 members (excludes halogenated alkanes) is 2. The van der Waals surface area contributed by atoms with Gasteiger partial charge in [0.25, 0.3) is 5.69 Å². The van der Waals surface area contributed by atoms with Gasteiger partial charge in [0, 0.05) is 12.1 Å². The maximum Gasteiger partial charge on any atom is 0.269 e. The van der Waals surface area contributed by atoms with Crippen LogP contribution in [0.4, 0.5) is 5.69 Å². The van der Waals surface area contributed by atoms with Gasteiger partial charge in [-0.25, -0.2) is 0 Å². The van der Waals surface area contributed by atoms with Gasteiger partial charge in [-0.15, -0.1) is 23.5 Å². The van der Waals surface area contributed by atoms with Crippen LogP contribution in [0, 0.1) is 10.1 Å². The molecule has 0 saturated carbocycles. The van der Waals surface area contributed by atoms with E-state index in [1.807, 2.05) is 35.7 Å². The third kappa shape index (κ3) is 3.99. The Labute approximate surface area is 141 Å².